The number of ether oxygens (including phenoxy) is 1. The third kappa shape index (κ3) is 5.54. The van der Waals surface area contributed by atoms with Crippen LogP contribution in [0.4, 0.5) is 5.95 Å². The first-order chi connectivity index (χ1) is 8.82. The minimum absolute atomic E-state index is 0.204. The molecule has 1 rings (SSSR count). The fraction of sp³-hybridized carbons (Fsp3) is 0.615. The van der Waals surface area contributed by atoms with Crippen LogP contribution in [0.5, 0.6) is 5.88 Å². The normalized spacial score (nSPS) is 11.2. The summed E-state index contributed by atoms with van der Waals surface area (Å²) in [5.74, 6) is 0.608. The van der Waals surface area contributed by atoms with Gasteiger partial charge >= 0.3 is 0 Å². The summed E-state index contributed by atoms with van der Waals surface area (Å²) in [6.07, 6.45) is 1.12. The molecule has 0 aliphatic carbocycles. The average Bonchev–Trinajstić information content (AvgIpc) is 2.22. The third-order valence-corrected chi connectivity index (χ3v) is 2.35. The lowest BCUT2D eigenvalue weighted by molar-refractivity contribution is -0.118. The SMILES string of the molecule is CCCOc1cc(C)nc(NC(C)(C)CC(N)=O)n1. The van der Waals surface area contributed by atoms with Crippen LogP contribution in [0.15, 0.2) is 6.07 Å². The van der Waals surface area contributed by atoms with Gasteiger partial charge in [0, 0.05) is 23.7 Å². The highest BCUT2D eigenvalue weighted by Gasteiger charge is 2.21. The van der Waals surface area contributed by atoms with Gasteiger partial charge in [-0.05, 0) is 27.2 Å². The summed E-state index contributed by atoms with van der Waals surface area (Å²) in [6.45, 7) is 8.25. The van der Waals surface area contributed by atoms with E-state index in [-0.39, 0.29) is 12.3 Å². The zero-order valence-corrected chi connectivity index (χ0v) is 12.0. The monoisotopic (exact) mass is 266 g/mol. The number of nitrogens with zero attached hydrogens (tertiary/aromatic N) is 2. The van der Waals surface area contributed by atoms with E-state index in [1.54, 1.807) is 6.07 Å². The maximum absolute atomic E-state index is 11.0. The Morgan fingerprint density at radius 2 is 2.16 bits per heavy atom. The van der Waals surface area contributed by atoms with Gasteiger partial charge in [0.1, 0.15) is 0 Å². The number of rotatable bonds is 7. The summed E-state index contributed by atoms with van der Waals surface area (Å²) in [5.41, 5.74) is 5.52. The Bertz CT molecular complexity index is 446. The van der Waals surface area contributed by atoms with Gasteiger partial charge in [0.2, 0.25) is 17.7 Å². The number of anilines is 1. The van der Waals surface area contributed by atoms with Crippen LogP contribution in [0, 0.1) is 6.92 Å². The van der Waals surface area contributed by atoms with E-state index in [9.17, 15) is 4.79 Å². The molecule has 1 heterocycles. The Labute approximate surface area is 113 Å². The van der Waals surface area contributed by atoms with Crippen molar-refractivity contribution in [2.75, 3.05) is 11.9 Å². The van der Waals surface area contributed by atoms with E-state index >= 15 is 0 Å². The third-order valence-electron chi connectivity index (χ3n) is 2.35. The quantitative estimate of drug-likeness (QED) is 0.783. The second-order valence-corrected chi connectivity index (χ2v) is 5.17. The lowest BCUT2D eigenvalue weighted by atomic mass is 10.0. The number of aromatic nitrogens is 2. The van der Waals surface area contributed by atoms with E-state index in [1.165, 1.54) is 0 Å². The molecule has 1 aromatic rings. The molecule has 1 amide bonds. The van der Waals surface area contributed by atoms with Crippen LogP contribution in [-0.4, -0.2) is 28.0 Å². The molecule has 19 heavy (non-hydrogen) atoms. The lowest BCUT2D eigenvalue weighted by Gasteiger charge is -2.24. The number of hydrogen-bond donors (Lipinski definition) is 2. The molecule has 0 aliphatic rings. The summed E-state index contributed by atoms with van der Waals surface area (Å²) in [6, 6.07) is 1.78. The van der Waals surface area contributed by atoms with E-state index in [4.69, 9.17) is 10.5 Å². The van der Waals surface area contributed by atoms with Gasteiger partial charge in [-0.2, -0.15) is 4.98 Å². The van der Waals surface area contributed by atoms with Crippen molar-refractivity contribution < 1.29 is 9.53 Å². The van der Waals surface area contributed by atoms with Crippen LogP contribution in [-0.2, 0) is 4.79 Å². The maximum atomic E-state index is 11.0. The highest BCUT2D eigenvalue weighted by Crippen LogP contribution is 2.18. The maximum Gasteiger partial charge on any atom is 0.226 e. The molecule has 6 nitrogen and oxygen atoms in total. The summed E-state index contributed by atoms with van der Waals surface area (Å²) >= 11 is 0. The van der Waals surface area contributed by atoms with Gasteiger partial charge in [0.15, 0.2) is 0 Å². The van der Waals surface area contributed by atoms with E-state index in [0.717, 1.165) is 12.1 Å². The summed E-state index contributed by atoms with van der Waals surface area (Å²) in [4.78, 5) is 19.5. The van der Waals surface area contributed by atoms with Crippen molar-refractivity contribution in [3.05, 3.63) is 11.8 Å². The lowest BCUT2D eigenvalue weighted by Crippen LogP contribution is -2.36. The van der Waals surface area contributed by atoms with Crippen LogP contribution >= 0.6 is 0 Å². The van der Waals surface area contributed by atoms with Crippen molar-refractivity contribution in [1.82, 2.24) is 9.97 Å². The number of carbonyl (C=O) groups is 1. The smallest absolute Gasteiger partial charge is 0.226 e. The fourth-order valence-electron chi connectivity index (χ4n) is 1.66. The van der Waals surface area contributed by atoms with Gasteiger partial charge in [-0.3, -0.25) is 4.79 Å². The molecule has 0 atom stereocenters. The molecular weight excluding hydrogens is 244 g/mol. The number of amides is 1. The minimum Gasteiger partial charge on any atom is -0.478 e. The molecular formula is C13H22N4O2. The molecule has 0 radical (unpaired) electrons. The predicted molar refractivity (Wildman–Crippen MR) is 74.1 cm³/mol. The van der Waals surface area contributed by atoms with E-state index in [0.29, 0.717) is 18.4 Å². The average molecular weight is 266 g/mol. The molecule has 0 unspecified atom stereocenters. The van der Waals surface area contributed by atoms with Gasteiger partial charge < -0.3 is 15.8 Å². The zero-order chi connectivity index (χ0) is 14.5. The van der Waals surface area contributed by atoms with Crippen LogP contribution in [0.2, 0.25) is 0 Å². The van der Waals surface area contributed by atoms with Crippen molar-refractivity contribution in [3.63, 3.8) is 0 Å². The van der Waals surface area contributed by atoms with E-state index in [2.05, 4.69) is 15.3 Å². The zero-order valence-electron chi connectivity index (χ0n) is 12.0. The topological polar surface area (TPSA) is 90.1 Å². The van der Waals surface area contributed by atoms with Crippen molar-refractivity contribution in [2.45, 2.75) is 46.1 Å². The molecule has 6 heteroatoms. The number of hydrogen-bond acceptors (Lipinski definition) is 5. The molecule has 0 aliphatic heterocycles. The Hall–Kier alpha value is -1.85. The summed E-state index contributed by atoms with van der Waals surface area (Å²) in [5, 5.41) is 3.10. The Balaban J connectivity index is 2.82. The Morgan fingerprint density at radius 1 is 1.47 bits per heavy atom. The van der Waals surface area contributed by atoms with Crippen LogP contribution in [0.25, 0.3) is 0 Å². The molecule has 106 valence electrons. The molecule has 3 N–H and O–H groups in total. The molecule has 0 saturated carbocycles. The number of aryl methyl sites for hydroxylation is 1. The Morgan fingerprint density at radius 3 is 2.74 bits per heavy atom. The van der Waals surface area contributed by atoms with Crippen LogP contribution in [0.1, 0.15) is 39.3 Å². The van der Waals surface area contributed by atoms with Crippen LogP contribution < -0.4 is 15.8 Å². The number of nitrogens with one attached hydrogen (secondary N) is 1. The van der Waals surface area contributed by atoms with Crippen molar-refractivity contribution in [1.29, 1.82) is 0 Å². The van der Waals surface area contributed by atoms with E-state index in [1.807, 2.05) is 27.7 Å². The predicted octanol–water partition coefficient (Wildman–Crippen LogP) is 1.64. The molecule has 0 saturated heterocycles. The molecule has 0 aromatic carbocycles. The van der Waals surface area contributed by atoms with Gasteiger partial charge in [-0.15, -0.1) is 0 Å². The van der Waals surface area contributed by atoms with Crippen molar-refractivity contribution in [3.8, 4) is 5.88 Å². The molecule has 0 spiro atoms. The molecule has 0 fully saturated rings. The minimum atomic E-state index is -0.498. The molecule has 0 bridgehead atoms. The second-order valence-electron chi connectivity index (χ2n) is 5.17. The summed E-state index contributed by atoms with van der Waals surface area (Å²) in [7, 11) is 0. The van der Waals surface area contributed by atoms with Gasteiger partial charge in [0.25, 0.3) is 0 Å². The molecule has 1 aromatic heterocycles. The highest BCUT2D eigenvalue weighted by molar-refractivity contribution is 5.75. The first-order valence-electron chi connectivity index (χ1n) is 6.37. The van der Waals surface area contributed by atoms with Crippen molar-refractivity contribution >= 4 is 11.9 Å². The van der Waals surface area contributed by atoms with Gasteiger partial charge in [-0.25, -0.2) is 4.98 Å². The first-order valence-corrected chi connectivity index (χ1v) is 6.37. The second kappa shape index (κ2) is 6.36. The first kappa shape index (κ1) is 15.2. The highest BCUT2D eigenvalue weighted by atomic mass is 16.5. The van der Waals surface area contributed by atoms with E-state index < -0.39 is 5.54 Å². The fourth-order valence-corrected chi connectivity index (χ4v) is 1.66. The largest absolute Gasteiger partial charge is 0.478 e. The Kier molecular flexibility index (Phi) is 5.09. The standard InChI is InChI=1S/C13H22N4O2/c1-5-6-19-11-7-9(2)15-12(16-11)17-13(3,4)8-10(14)18/h7H,5-6,8H2,1-4H3,(H2,14,18)(H,15,16,17). The number of primary amides is 1. The van der Waals surface area contributed by atoms with Crippen LogP contribution in [0.3, 0.4) is 0 Å². The van der Waals surface area contributed by atoms with Gasteiger partial charge in [0.05, 0.1) is 6.61 Å². The number of carbonyl (C=O) groups excluding carboxylic acids is 1. The van der Waals surface area contributed by atoms with Crippen molar-refractivity contribution in [2.24, 2.45) is 5.73 Å². The van der Waals surface area contributed by atoms with Gasteiger partial charge in [-0.1, -0.05) is 6.92 Å². The summed E-state index contributed by atoms with van der Waals surface area (Å²) < 4.78 is 5.49. The number of nitrogens with two attached hydrogens (primary N) is 1.